The smallest absolute Gasteiger partial charge is 0.252 e. The second-order valence-corrected chi connectivity index (χ2v) is 6.22. The Balaban J connectivity index is 1.85. The van der Waals surface area contributed by atoms with E-state index in [9.17, 15) is 4.79 Å². The number of hydrogen-bond acceptors (Lipinski definition) is 4. The lowest BCUT2D eigenvalue weighted by Gasteiger charge is -2.17. The maximum Gasteiger partial charge on any atom is 0.252 e. The minimum Gasteiger partial charge on any atom is -0.493 e. The first kappa shape index (κ1) is 18.6. The van der Waals surface area contributed by atoms with E-state index < -0.39 is 0 Å². The van der Waals surface area contributed by atoms with Crippen molar-refractivity contribution in [3.8, 4) is 17.2 Å². The molecule has 5 heteroatoms. The van der Waals surface area contributed by atoms with E-state index in [4.69, 9.17) is 14.2 Å². The van der Waals surface area contributed by atoms with Gasteiger partial charge < -0.3 is 19.5 Å². The monoisotopic (exact) mass is 365 g/mol. The lowest BCUT2D eigenvalue weighted by atomic mass is 10.0. The molecule has 0 aliphatic rings. The first-order valence-electron chi connectivity index (χ1n) is 8.67. The molecule has 0 aliphatic heterocycles. The van der Waals surface area contributed by atoms with Gasteiger partial charge in [0.2, 0.25) is 5.75 Å². The molecule has 0 spiro atoms. The minimum atomic E-state index is -0.213. The van der Waals surface area contributed by atoms with Gasteiger partial charge in [-0.15, -0.1) is 0 Å². The zero-order chi connectivity index (χ0) is 19.4. The highest BCUT2D eigenvalue weighted by Crippen LogP contribution is 2.38. The number of rotatable bonds is 6. The molecule has 0 saturated carbocycles. The van der Waals surface area contributed by atoms with Crippen LogP contribution in [0.3, 0.4) is 0 Å². The number of carbonyl (C=O) groups excluding carboxylic acids is 1. The highest BCUT2D eigenvalue weighted by atomic mass is 16.5. The molecule has 0 radical (unpaired) electrons. The van der Waals surface area contributed by atoms with E-state index in [0.29, 0.717) is 22.8 Å². The highest BCUT2D eigenvalue weighted by molar-refractivity contribution is 5.96. The topological polar surface area (TPSA) is 56.8 Å². The Morgan fingerprint density at radius 2 is 1.48 bits per heavy atom. The Labute approximate surface area is 158 Å². The van der Waals surface area contributed by atoms with Crippen LogP contribution in [0.15, 0.2) is 54.6 Å². The van der Waals surface area contributed by atoms with Gasteiger partial charge in [-0.3, -0.25) is 4.79 Å². The van der Waals surface area contributed by atoms with Crippen LogP contribution < -0.4 is 19.5 Å². The molecule has 5 nitrogen and oxygen atoms in total. The minimum absolute atomic E-state index is 0.152. The molecule has 0 aromatic heterocycles. The van der Waals surface area contributed by atoms with Crippen LogP contribution in [-0.2, 0) is 0 Å². The zero-order valence-electron chi connectivity index (χ0n) is 15.9. The van der Waals surface area contributed by atoms with Crippen LogP contribution in [0.5, 0.6) is 17.2 Å². The molecule has 0 saturated heterocycles. The van der Waals surface area contributed by atoms with Gasteiger partial charge in [-0.25, -0.2) is 0 Å². The number of hydrogen-bond donors (Lipinski definition) is 1. The third kappa shape index (κ3) is 3.82. The summed E-state index contributed by atoms with van der Waals surface area (Å²) in [6.07, 6.45) is 0. The molecule has 3 aromatic carbocycles. The first-order chi connectivity index (χ1) is 13.1. The SMILES string of the molecule is COc1cc(C(=O)NC(C)c2ccc3ccccc3c2)cc(OC)c1OC. The van der Waals surface area contributed by atoms with Crippen molar-refractivity contribution in [1.29, 1.82) is 0 Å². The molecule has 3 aromatic rings. The molecule has 0 aliphatic carbocycles. The van der Waals surface area contributed by atoms with E-state index in [1.165, 1.54) is 26.7 Å². The lowest BCUT2D eigenvalue weighted by Crippen LogP contribution is -2.26. The quantitative estimate of drug-likeness (QED) is 0.705. The number of carbonyl (C=O) groups is 1. The van der Waals surface area contributed by atoms with Crippen LogP contribution in [0.1, 0.15) is 28.9 Å². The second-order valence-electron chi connectivity index (χ2n) is 6.22. The van der Waals surface area contributed by atoms with Crippen LogP contribution in [0.25, 0.3) is 10.8 Å². The predicted molar refractivity (Wildman–Crippen MR) is 106 cm³/mol. The van der Waals surface area contributed by atoms with Crippen molar-refractivity contribution < 1.29 is 19.0 Å². The van der Waals surface area contributed by atoms with E-state index in [1.807, 2.05) is 25.1 Å². The van der Waals surface area contributed by atoms with Crippen molar-refractivity contribution in [3.05, 3.63) is 65.7 Å². The Kier molecular flexibility index (Phi) is 5.50. The fourth-order valence-corrected chi connectivity index (χ4v) is 3.05. The van der Waals surface area contributed by atoms with Crippen molar-refractivity contribution >= 4 is 16.7 Å². The molecule has 1 amide bonds. The van der Waals surface area contributed by atoms with E-state index >= 15 is 0 Å². The van der Waals surface area contributed by atoms with Gasteiger partial charge in [0, 0.05) is 5.56 Å². The summed E-state index contributed by atoms with van der Waals surface area (Å²) in [6, 6.07) is 17.5. The average Bonchev–Trinajstić information content (AvgIpc) is 2.71. The first-order valence-corrected chi connectivity index (χ1v) is 8.67. The number of amides is 1. The van der Waals surface area contributed by atoms with Crippen molar-refractivity contribution in [2.75, 3.05) is 21.3 Å². The zero-order valence-corrected chi connectivity index (χ0v) is 15.9. The predicted octanol–water partition coefficient (Wildman–Crippen LogP) is 4.36. The molecule has 1 N–H and O–H groups in total. The Bertz CT molecular complexity index is 942. The normalized spacial score (nSPS) is 11.7. The largest absolute Gasteiger partial charge is 0.493 e. The van der Waals surface area contributed by atoms with Crippen molar-refractivity contribution in [2.24, 2.45) is 0 Å². The number of fused-ring (bicyclic) bond motifs is 1. The number of benzene rings is 3. The fraction of sp³-hybridized carbons (Fsp3) is 0.227. The lowest BCUT2D eigenvalue weighted by molar-refractivity contribution is 0.0939. The highest BCUT2D eigenvalue weighted by Gasteiger charge is 2.18. The molecule has 1 unspecified atom stereocenters. The van der Waals surface area contributed by atoms with E-state index in [0.717, 1.165) is 10.9 Å². The van der Waals surface area contributed by atoms with Crippen molar-refractivity contribution in [1.82, 2.24) is 5.32 Å². The fourth-order valence-electron chi connectivity index (χ4n) is 3.05. The van der Waals surface area contributed by atoms with Gasteiger partial charge in [0.1, 0.15) is 0 Å². The number of nitrogens with one attached hydrogen (secondary N) is 1. The molecule has 0 bridgehead atoms. The summed E-state index contributed by atoms with van der Waals surface area (Å²) in [5.74, 6) is 1.13. The molecule has 1 atom stereocenters. The standard InChI is InChI=1S/C22H23NO4/c1-14(16-10-9-15-7-5-6-8-17(15)11-16)23-22(24)18-12-19(25-2)21(27-4)20(13-18)26-3/h5-14H,1-4H3,(H,23,24). The van der Waals surface area contributed by atoms with Crippen molar-refractivity contribution in [3.63, 3.8) is 0 Å². The van der Waals surface area contributed by atoms with Gasteiger partial charge in [-0.05, 0) is 41.5 Å². The summed E-state index contributed by atoms with van der Waals surface area (Å²) < 4.78 is 15.9. The molecule has 140 valence electrons. The summed E-state index contributed by atoms with van der Waals surface area (Å²) in [5.41, 5.74) is 1.48. The summed E-state index contributed by atoms with van der Waals surface area (Å²) in [6.45, 7) is 1.96. The molecular weight excluding hydrogens is 342 g/mol. The molecule has 0 fully saturated rings. The van der Waals surface area contributed by atoms with Gasteiger partial charge in [0.15, 0.2) is 11.5 Å². The van der Waals surface area contributed by atoms with Gasteiger partial charge >= 0.3 is 0 Å². The van der Waals surface area contributed by atoms with Gasteiger partial charge in [0.25, 0.3) is 5.91 Å². The van der Waals surface area contributed by atoms with E-state index in [1.54, 1.807) is 12.1 Å². The Hall–Kier alpha value is -3.21. The Morgan fingerprint density at radius 1 is 0.852 bits per heavy atom. The van der Waals surface area contributed by atoms with Gasteiger partial charge in [0.05, 0.1) is 27.4 Å². The second kappa shape index (κ2) is 7.99. The number of ether oxygens (including phenoxy) is 3. The van der Waals surface area contributed by atoms with Crippen LogP contribution in [0.4, 0.5) is 0 Å². The summed E-state index contributed by atoms with van der Waals surface area (Å²) >= 11 is 0. The van der Waals surface area contributed by atoms with Crippen LogP contribution in [0, 0.1) is 0 Å². The van der Waals surface area contributed by atoms with Crippen LogP contribution >= 0.6 is 0 Å². The van der Waals surface area contributed by atoms with Crippen LogP contribution in [0.2, 0.25) is 0 Å². The average molecular weight is 365 g/mol. The van der Waals surface area contributed by atoms with Gasteiger partial charge in [-0.1, -0.05) is 36.4 Å². The molecule has 3 rings (SSSR count). The third-order valence-electron chi connectivity index (χ3n) is 4.55. The molecular formula is C22H23NO4. The summed E-state index contributed by atoms with van der Waals surface area (Å²) in [7, 11) is 4.58. The maximum absolute atomic E-state index is 12.8. The van der Waals surface area contributed by atoms with E-state index in [-0.39, 0.29) is 11.9 Å². The van der Waals surface area contributed by atoms with E-state index in [2.05, 4.69) is 29.6 Å². The third-order valence-corrected chi connectivity index (χ3v) is 4.55. The van der Waals surface area contributed by atoms with Gasteiger partial charge in [-0.2, -0.15) is 0 Å². The van der Waals surface area contributed by atoms with Crippen LogP contribution in [-0.4, -0.2) is 27.2 Å². The summed E-state index contributed by atoms with van der Waals surface area (Å²) in [4.78, 5) is 12.8. The molecule has 27 heavy (non-hydrogen) atoms. The number of methoxy groups -OCH3 is 3. The maximum atomic E-state index is 12.8. The molecule has 0 heterocycles. The van der Waals surface area contributed by atoms with Crippen molar-refractivity contribution in [2.45, 2.75) is 13.0 Å². The Morgan fingerprint density at radius 3 is 2.07 bits per heavy atom. The summed E-state index contributed by atoms with van der Waals surface area (Å²) in [5, 5.41) is 5.34.